The standard InChI is InChI=1S/C25H22ClN3O3S/c1-32-20-12-8-18(9-13-20)15-29-24(31)21-4-2-3-5-22(21)28-25(29)33-16-23(30)27-14-17-6-10-19(26)11-7-17/h2-13H,14-16H2,1H3,(H,27,30). The monoisotopic (exact) mass is 479 g/mol. The first-order valence-electron chi connectivity index (χ1n) is 10.3. The Morgan fingerprint density at radius 1 is 1.03 bits per heavy atom. The van der Waals surface area contributed by atoms with E-state index in [0.29, 0.717) is 34.2 Å². The number of benzene rings is 3. The normalized spacial score (nSPS) is 10.8. The third kappa shape index (κ3) is 5.74. The number of methoxy groups -OCH3 is 1. The Morgan fingerprint density at radius 3 is 2.45 bits per heavy atom. The maximum atomic E-state index is 13.2. The van der Waals surface area contributed by atoms with Crippen molar-refractivity contribution in [3.05, 3.63) is 99.3 Å². The molecule has 33 heavy (non-hydrogen) atoms. The van der Waals surface area contributed by atoms with E-state index < -0.39 is 0 Å². The van der Waals surface area contributed by atoms with Gasteiger partial charge in [-0.1, -0.05) is 59.8 Å². The summed E-state index contributed by atoms with van der Waals surface area (Å²) >= 11 is 7.15. The quantitative estimate of drug-likeness (QED) is 0.297. The summed E-state index contributed by atoms with van der Waals surface area (Å²) in [5, 5.41) is 4.58. The summed E-state index contributed by atoms with van der Waals surface area (Å²) < 4.78 is 6.83. The van der Waals surface area contributed by atoms with Crippen LogP contribution in [0, 0.1) is 0 Å². The fraction of sp³-hybridized carbons (Fsp3) is 0.160. The van der Waals surface area contributed by atoms with Crippen LogP contribution in [0.5, 0.6) is 5.75 Å². The first-order valence-corrected chi connectivity index (χ1v) is 11.7. The van der Waals surface area contributed by atoms with Crippen LogP contribution in [0.1, 0.15) is 11.1 Å². The molecule has 1 amide bonds. The number of rotatable bonds is 8. The molecule has 0 saturated carbocycles. The molecular weight excluding hydrogens is 458 g/mol. The Hall–Kier alpha value is -3.29. The van der Waals surface area contributed by atoms with Crippen LogP contribution in [0.3, 0.4) is 0 Å². The number of amides is 1. The minimum atomic E-state index is -0.145. The molecule has 0 saturated heterocycles. The van der Waals surface area contributed by atoms with Crippen molar-refractivity contribution in [2.45, 2.75) is 18.2 Å². The van der Waals surface area contributed by atoms with E-state index in [9.17, 15) is 9.59 Å². The lowest BCUT2D eigenvalue weighted by Gasteiger charge is -2.13. The van der Waals surface area contributed by atoms with Gasteiger partial charge in [0, 0.05) is 11.6 Å². The Labute approximate surface area is 200 Å². The SMILES string of the molecule is COc1ccc(Cn2c(SCC(=O)NCc3ccc(Cl)cc3)nc3ccccc3c2=O)cc1. The molecule has 0 aliphatic heterocycles. The topological polar surface area (TPSA) is 73.2 Å². The molecule has 1 heterocycles. The molecule has 0 atom stereocenters. The number of fused-ring (bicyclic) bond motifs is 1. The van der Waals surface area contributed by atoms with Crippen LogP contribution < -0.4 is 15.6 Å². The largest absolute Gasteiger partial charge is 0.497 e. The zero-order valence-electron chi connectivity index (χ0n) is 18.0. The number of halogens is 1. The van der Waals surface area contributed by atoms with Crippen LogP contribution >= 0.6 is 23.4 Å². The number of carbonyl (C=O) groups is 1. The van der Waals surface area contributed by atoms with Crippen LogP contribution in [0.4, 0.5) is 0 Å². The second kappa shape index (κ2) is 10.6. The van der Waals surface area contributed by atoms with Crippen molar-refractivity contribution in [1.29, 1.82) is 0 Å². The van der Waals surface area contributed by atoms with E-state index in [1.54, 1.807) is 35.9 Å². The second-order valence-corrected chi connectivity index (χ2v) is 8.72. The average Bonchev–Trinajstić information content (AvgIpc) is 2.85. The number of hydrogen-bond acceptors (Lipinski definition) is 5. The molecule has 1 aromatic heterocycles. The van der Waals surface area contributed by atoms with Crippen LogP contribution in [-0.4, -0.2) is 28.3 Å². The van der Waals surface area contributed by atoms with Gasteiger partial charge >= 0.3 is 0 Å². The third-order valence-corrected chi connectivity index (χ3v) is 6.29. The number of aromatic nitrogens is 2. The van der Waals surface area contributed by atoms with Gasteiger partial charge < -0.3 is 10.1 Å². The van der Waals surface area contributed by atoms with Crippen molar-refractivity contribution in [3.8, 4) is 5.75 Å². The number of thioether (sulfide) groups is 1. The van der Waals surface area contributed by atoms with E-state index in [0.717, 1.165) is 16.9 Å². The minimum absolute atomic E-state index is 0.138. The number of nitrogens with one attached hydrogen (secondary N) is 1. The maximum absolute atomic E-state index is 13.2. The molecule has 8 heteroatoms. The molecule has 3 aromatic carbocycles. The zero-order chi connectivity index (χ0) is 23.2. The molecule has 0 aliphatic carbocycles. The Bertz CT molecular complexity index is 1320. The summed E-state index contributed by atoms with van der Waals surface area (Å²) in [6, 6.07) is 22.1. The van der Waals surface area contributed by atoms with E-state index in [2.05, 4.69) is 10.3 Å². The minimum Gasteiger partial charge on any atom is -0.497 e. The lowest BCUT2D eigenvalue weighted by atomic mass is 10.2. The van der Waals surface area contributed by atoms with Crippen LogP contribution in [0.2, 0.25) is 5.02 Å². The first kappa shape index (κ1) is 22.9. The fourth-order valence-electron chi connectivity index (χ4n) is 3.29. The van der Waals surface area contributed by atoms with Crippen molar-refractivity contribution in [1.82, 2.24) is 14.9 Å². The number of nitrogens with zero attached hydrogens (tertiary/aromatic N) is 2. The maximum Gasteiger partial charge on any atom is 0.262 e. The van der Waals surface area contributed by atoms with Gasteiger partial charge in [-0.25, -0.2) is 4.98 Å². The molecule has 6 nitrogen and oxygen atoms in total. The smallest absolute Gasteiger partial charge is 0.262 e. The molecular formula is C25H22ClN3O3S. The van der Waals surface area contributed by atoms with E-state index in [1.165, 1.54) is 11.8 Å². The summed E-state index contributed by atoms with van der Waals surface area (Å²) in [5.41, 5.74) is 2.36. The lowest BCUT2D eigenvalue weighted by molar-refractivity contribution is -0.118. The molecule has 168 valence electrons. The molecule has 4 aromatic rings. The summed E-state index contributed by atoms with van der Waals surface area (Å²) in [6.45, 7) is 0.746. The van der Waals surface area contributed by atoms with Crippen LogP contribution in [-0.2, 0) is 17.9 Å². The third-order valence-electron chi connectivity index (χ3n) is 5.06. The first-order chi connectivity index (χ1) is 16.0. The molecule has 0 fully saturated rings. The van der Waals surface area contributed by atoms with E-state index in [4.69, 9.17) is 16.3 Å². The summed E-state index contributed by atoms with van der Waals surface area (Å²) in [6.07, 6.45) is 0. The summed E-state index contributed by atoms with van der Waals surface area (Å²) in [7, 11) is 1.61. The van der Waals surface area contributed by atoms with Crippen molar-refractivity contribution in [2.75, 3.05) is 12.9 Å². The zero-order valence-corrected chi connectivity index (χ0v) is 19.5. The van der Waals surface area contributed by atoms with Crippen LogP contribution in [0.15, 0.2) is 82.7 Å². The van der Waals surface area contributed by atoms with Gasteiger partial charge in [-0.15, -0.1) is 0 Å². The Morgan fingerprint density at radius 2 is 1.73 bits per heavy atom. The van der Waals surface area contributed by atoms with Crippen LogP contribution in [0.25, 0.3) is 10.9 Å². The highest BCUT2D eigenvalue weighted by atomic mass is 35.5. The Balaban J connectivity index is 1.53. The van der Waals surface area contributed by atoms with Crippen molar-refractivity contribution in [3.63, 3.8) is 0 Å². The second-order valence-electron chi connectivity index (χ2n) is 7.34. The number of hydrogen-bond donors (Lipinski definition) is 1. The van der Waals surface area contributed by atoms with E-state index in [1.807, 2.05) is 48.5 Å². The highest BCUT2D eigenvalue weighted by Gasteiger charge is 2.14. The molecule has 4 rings (SSSR count). The van der Waals surface area contributed by atoms with Gasteiger partial charge in [0.25, 0.3) is 5.56 Å². The van der Waals surface area contributed by atoms with Gasteiger partial charge in [-0.05, 0) is 47.5 Å². The molecule has 0 bridgehead atoms. The number of carbonyl (C=O) groups excluding carboxylic acids is 1. The van der Waals surface area contributed by atoms with Gasteiger partial charge in [-0.3, -0.25) is 14.2 Å². The lowest BCUT2D eigenvalue weighted by Crippen LogP contribution is -2.27. The van der Waals surface area contributed by atoms with Gasteiger partial charge in [-0.2, -0.15) is 0 Å². The van der Waals surface area contributed by atoms with Crippen molar-refractivity contribution >= 4 is 40.2 Å². The van der Waals surface area contributed by atoms with E-state index >= 15 is 0 Å². The highest BCUT2D eigenvalue weighted by Crippen LogP contribution is 2.20. The molecule has 1 N–H and O–H groups in total. The number of ether oxygens (including phenoxy) is 1. The van der Waals surface area contributed by atoms with Crippen molar-refractivity contribution < 1.29 is 9.53 Å². The molecule has 0 aliphatic rings. The molecule has 0 radical (unpaired) electrons. The number of para-hydroxylation sites is 1. The van der Waals surface area contributed by atoms with Gasteiger partial charge in [0.05, 0.1) is 30.3 Å². The highest BCUT2D eigenvalue weighted by molar-refractivity contribution is 7.99. The van der Waals surface area contributed by atoms with E-state index in [-0.39, 0.29) is 17.2 Å². The molecule has 0 unspecified atom stereocenters. The summed E-state index contributed by atoms with van der Waals surface area (Å²) in [4.78, 5) is 30.4. The predicted octanol–water partition coefficient (Wildman–Crippen LogP) is 4.52. The van der Waals surface area contributed by atoms with Gasteiger partial charge in [0.2, 0.25) is 5.91 Å². The van der Waals surface area contributed by atoms with Gasteiger partial charge in [0.15, 0.2) is 5.16 Å². The van der Waals surface area contributed by atoms with Gasteiger partial charge in [0.1, 0.15) is 5.75 Å². The molecule has 0 spiro atoms. The summed E-state index contributed by atoms with van der Waals surface area (Å²) in [5.74, 6) is 0.740. The predicted molar refractivity (Wildman–Crippen MR) is 132 cm³/mol. The van der Waals surface area contributed by atoms with Crippen molar-refractivity contribution in [2.24, 2.45) is 0 Å². The fourth-order valence-corrected chi connectivity index (χ4v) is 4.25. The Kier molecular flexibility index (Phi) is 7.32. The average molecular weight is 480 g/mol.